The number of hydrogen-bond acceptors (Lipinski definition) is 7. The predicted molar refractivity (Wildman–Crippen MR) is 123 cm³/mol. The van der Waals surface area contributed by atoms with Gasteiger partial charge in [0.1, 0.15) is 5.01 Å². The van der Waals surface area contributed by atoms with Crippen LogP contribution >= 0.6 is 11.3 Å². The van der Waals surface area contributed by atoms with Gasteiger partial charge in [0.15, 0.2) is 0 Å². The van der Waals surface area contributed by atoms with E-state index >= 15 is 0 Å². The predicted octanol–water partition coefficient (Wildman–Crippen LogP) is 3.72. The number of aryl methyl sites for hydroxylation is 1. The Hall–Kier alpha value is -2.81. The summed E-state index contributed by atoms with van der Waals surface area (Å²) in [6.45, 7) is 5.12. The zero-order valence-electron chi connectivity index (χ0n) is 18.0. The van der Waals surface area contributed by atoms with Gasteiger partial charge in [-0.2, -0.15) is 0 Å². The molecule has 1 aromatic heterocycles. The van der Waals surface area contributed by atoms with Gasteiger partial charge in [-0.3, -0.25) is 14.5 Å². The summed E-state index contributed by atoms with van der Waals surface area (Å²) in [6, 6.07) is 13.8. The van der Waals surface area contributed by atoms with Crippen LogP contribution in [0.15, 0.2) is 42.5 Å². The molecule has 2 aromatic carbocycles. The van der Waals surface area contributed by atoms with Crippen molar-refractivity contribution in [2.24, 2.45) is 0 Å². The maximum atomic E-state index is 12.5. The lowest BCUT2D eigenvalue weighted by atomic mass is 10.2. The summed E-state index contributed by atoms with van der Waals surface area (Å²) in [5.41, 5.74) is 3.89. The summed E-state index contributed by atoms with van der Waals surface area (Å²) in [4.78, 5) is 30.6. The average Bonchev–Trinajstić information content (AvgIpc) is 3.15. The highest BCUT2D eigenvalue weighted by molar-refractivity contribution is 7.21. The van der Waals surface area contributed by atoms with Gasteiger partial charge < -0.3 is 14.8 Å². The van der Waals surface area contributed by atoms with Crippen LogP contribution in [0.1, 0.15) is 12.5 Å². The number of thiazole rings is 1. The molecule has 0 saturated carbocycles. The number of methoxy groups -OCH3 is 1. The second-order valence-electron chi connectivity index (χ2n) is 7.12. The summed E-state index contributed by atoms with van der Waals surface area (Å²) in [5, 5.41) is 3.82. The molecule has 0 spiro atoms. The van der Waals surface area contributed by atoms with Crippen LogP contribution in [-0.2, 0) is 19.1 Å². The van der Waals surface area contributed by atoms with Gasteiger partial charge in [-0.1, -0.05) is 6.07 Å². The Morgan fingerprint density at radius 3 is 2.61 bits per heavy atom. The summed E-state index contributed by atoms with van der Waals surface area (Å²) >= 11 is 1.65. The number of nitrogens with zero attached hydrogens (tertiary/aromatic N) is 2. The first-order valence-corrected chi connectivity index (χ1v) is 10.9. The normalized spacial score (nSPS) is 11.1. The Kier molecular flexibility index (Phi) is 8.11. The van der Waals surface area contributed by atoms with E-state index in [1.54, 1.807) is 30.3 Å². The van der Waals surface area contributed by atoms with Gasteiger partial charge in [0.2, 0.25) is 5.91 Å². The summed E-state index contributed by atoms with van der Waals surface area (Å²) in [7, 11) is 1.58. The molecule has 0 aliphatic rings. The molecule has 0 aliphatic heterocycles. The summed E-state index contributed by atoms with van der Waals surface area (Å²) in [5.74, 6) is -0.564. The zero-order chi connectivity index (χ0) is 22.2. The van der Waals surface area contributed by atoms with Gasteiger partial charge in [0, 0.05) is 24.9 Å². The van der Waals surface area contributed by atoms with E-state index in [9.17, 15) is 9.59 Å². The van der Waals surface area contributed by atoms with E-state index < -0.39 is 0 Å². The van der Waals surface area contributed by atoms with E-state index in [1.165, 1.54) is 5.56 Å². The molecule has 3 aromatic rings. The molecule has 0 bridgehead atoms. The third kappa shape index (κ3) is 6.58. The molecule has 31 heavy (non-hydrogen) atoms. The maximum absolute atomic E-state index is 12.5. The van der Waals surface area contributed by atoms with Crippen molar-refractivity contribution in [2.45, 2.75) is 13.8 Å². The number of benzene rings is 2. The van der Waals surface area contributed by atoms with Gasteiger partial charge in [0.05, 0.1) is 36.5 Å². The van der Waals surface area contributed by atoms with Crippen LogP contribution in [0, 0.1) is 6.92 Å². The fraction of sp³-hybridized carbons (Fsp3) is 0.348. The molecule has 0 atom stereocenters. The van der Waals surface area contributed by atoms with Crippen LogP contribution in [-0.4, -0.2) is 61.7 Å². The minimum atomic E-state index is -0.359. The molecule has 0 aliphatic carbocycles. The monoisotopic (exact) mass is 441 g/mol. The van der Waals surface area contributed by atoms with Gasteiger partial charge in [-0.05, 0) is 55.8 Å². The number of aromatic nitrogens is 1. The van der Waals surface area contributed by atoms with Crippen molar-refractivity contribution in [3.63, 3.8) is 0 Å². The number of ether oxygens (including phenoxy) is 2. The fourth-order valence-corrected chi connectivity index (χ4v) is 4.15. The number of nitrogens with one attached hydrogen (secondary N) is 1. The van der Waals surface area contributed by atoms with E-state index in [2.05, 4.69) is 24.4 Å². The molecule has 1 amide bonds. The highest BCUT2D eigenvalue weighted by Crippen LogP contribution is 2.31. The van der Waals surface area contributed by atoms with Gasteiger partial charge >= 0.3 is 5.97 Å². The number of esters is 1. The van der Waals surface area contributed by atoms with E-state index in [4.69, 9.17) is 14.5 Å². The lowest BCUT2D eigenvalue weighted by molar-refractivity contribution is -0.144. The van der Waals surface area contributed by atoms with Crippen molar-refractivity contribution in [3.8, 4) is 10.6 Å². The lowest BCUT2D eigenvalue weighted by Gasteiger charge is -2.20. The third-order valence-electron chi connectivity index (χ3n) is 4.60. The lowest BCUT2D eigenvalue weighted by Crippen LogP contribution is -2.39. The Morgan fingerprint density at radius 1 is 1.13 bits per heavy atom. The smallest absolute Gasteiger partial charge is 0.320 e. The third-order valence-corrected chi connectivity index (χ3v) is 5.66. The Bertz CT molecular complexity index is 1030. The van der Waals surface area contributed by atoms with Crippen LogP contribution in [0.25, 0.3) is 20.8 Å². The molecule has 0 saturated heterocycles. The largest absolute Gasteiger partial charge is 0.465 e. The van der Waals surface area contributed by atoms with Crippen LogP contribution < -0.4 is 5.32 Å². The fourth-order valence-electron chi connectivity index (χ4n) is 3.08. The van der Waals surface area contributed by atoms with Crippen molar-refractivity contribution >= 4 is 39.1 Å². The number of anilines is 1. The molecule has 0 fully saturated rings. The van der Waals surface area contributed by atoms with E-state index in [0.717, 1.165) is 20.8 Å². The number of hydrogen-bond donors (Lipinski definition) is 1. The average molecular weight is 442 g/mol. The quantitative estimate of drug-likeness (QED) is 0.483. The molecular weight excluding hydrogens is 414 g/mol. The first-order chi connectivity index (χ1) is 15.0. The van der Waals surface area contributed by atoms with Crippen LogP contribution in [0.5, 0.6) is 0 Å². The molecule has 0 unspecified atom stereocenters. The van der Waals surface area contributed by atoms with Crippen molar-refractivity contribution in [3.05, 3.63) is 48.0 Å². The molecule has 1 heterocycles. The van der Waals surface area contributed by atoms with Gasteiger partial charge in [-0.15, -0.1) is 11.3 Å². The molecule has 7 nitrogen and oxygen atoms in total. The SMILES string of the molecule is CCOC(=O)CN(CCOC)CC(=O)Nc1ccc(-c2nc3ccc(C)cc3s2)cc1. The highest BCUT2D eigenvalue weighted by Gasteiger charge is 2.15. The number of rotatable bonds is 10. The van der Waals surface area contributed by atoms with Crippen molar-refractivity contribution < 1.29 is 19.1 Å². The number of fused-ring (bicyclic) bond motifs is 1. The first-order valence-electron chi connectivity index (χ1n) is 10.1. The molecule has 8 heteroatoms. The van der Waals surface area contributed by atoms with Crippen LogP contribution in [0.2, 0.25) is 0 Å². The first kappa shape index (κ1) is 22.9. The van der Waals surface area contributed by atoms with E-state index in [1.807, 2.05) is 30.3 Å². The minimum Gasteiger partial charge on any atom is -0.465 e. The standard InChI is InChI=1S/C23H27N3O4S/c1-4-30-22(28)15-26(11-12-29-3)14-21(27)24-18-8-6-17(7-9-18)23-25-19-10-5-16(2)13-20(19)31-23/h5-10,13H,4,11-12,14-15H2,1-3H3,(H,24,27). The zero-order valence-corrected chi connectivity index (χ0v) is 18.8. The van der Waals surface area contributed by atoms with E-state index in [-0.39, 0.29) is 25.0 Å². The van der Waals surface area contributed by atoms with Crippen LogP contribution in [0.3, 0.4) is 0 Å². The maximum Gasteiger partial charge on any atom is 0.320 e. The summed E-state index contributed by atoms with van der Waals surface area (Å²) in [6.07, 6.45) is 0. The molecule has 1 N–H and O–H groups in total. The molecule has 0 radical (unpaired) electrons. The topological polar surface area (TPSA) is 80.8 Å². The second kappa shape index (κ2) is 11.0. The van der Waals surface area contributed by atoms with Crippen molar-refractivity contribution in [1.29, 1.82) is 0 Å². The molecule has 164 valence electrons. The van der Waals surface area contributed by atoms with Gasteiger partial charge in [-0.25, -0.2) is 4.98 Å². The van der Waals surface area contributed by atoms with E-state index in [0.29, 0.717) is 25.4 Å². The highest BCUT2D eigenvalue weighted by atomic mass is 32.1. The Morgan fingerprint density at radius 2 is 1.90 bits per heavy atom. The number of amides is 1. The van der Waals surface area contributed by atoms with Crippen molar-refractivity contribution in [1.82, 2.24) is 9.88 Å². The van der Waals surface area contributed by atoms with Crippen LogP contribution in [0.4, 0.5) is 5.69 Å². The summed E-state index contributed by atoms with van der Waals surface area (Å²) < 4.78 is 11.2. The Balaban J connectivity index is 1.62. The Labute approximate surface area is 186 Å². The van der Waals surface area contributed by atoms with Crippen molar-refractivity contribution in [2.75, 3.05) is 45.3 Å². The number of carbonyl (C=O) groups excluding carboxylic acids is 2. The number of carbonyl (C=O) groups is 2. The van der Waals surface area contributed by atoms with Gasteiger partial charge in [0.25, 0.3) is 0 Å². The minimum absolute atomic E-state index is 0.0423. The molecule has 3 rings (SSSR count). The molecular formula is C23H27N3O4S. The second-order valence-corrected chi connectivity index (χ2v) is 8.15.